The maximum absolute atomic E-state index is 12.5. The second-order valence-corrected chi connectivity index (χ2v) is 6.76. The Hall–Kier alpha value is -2.62. The number of benzene rings is 2. The molecular formula is C21H24N2O2. The number of likely N-dealkylation sites (tertiary alicyclic amines) is 1. The number of hydrogen-bond acceptors (Lipinski definition) is 2. The van der Waals surface area contributed by atoms with Crippen LogP contribution >= 0.6 is 0 Å². The van der Waals surface area contributed by atoms with Gasteiger partial charge in [0.25, 0.3) is 11.8 Å². The molecule has 1 aliphatic heterocycles. The maximum atomic E-state index is 12.5. The molecule has 2 aromatic carbocycles. The first-order chi connectivity index (χ1) is 12.0. The molecule has 3 rings (SSSR count). The van der Waals surface area contributed by atoms with Gasteiger partial charge < -0.3 is 10.2 Å². The number of hydrogen-bond donors (Lipinski definition) is 1. The van der Waals surface area contributed by atoms with Crippen molar-refractivity contribution in [1.82, 2.24) is 4.90 Å². The van der Waals surface area contributed by atoms with Crippen molar-refractivity contribution in [2.45, 2.75) is 33.1 Å². The molecule has 0 saturated carbocycles. The Morgan fingerprint density at radius 2 is 1.44 bits per heavy atom. The standard InChI is InChI=1S/C21H24N2O2/c1-15-12-16(2)14-18(13-15)20(24)22-19-8-6-17(7-9-19)21(25)23-10-4-3-5-11-23/h6-9,12-14H,3-5,10-11H2,1-2H3,(H,22,24). The van der Waals surface area contributed by atoms with E-state index in [9.17, 15) is 9.59 Å². The highest BCUT2D eigenvalue weighted by atomic mass is 16.2. The van der Waals surface area contributed by atoms with Gasteiger partial charge in [0, 0.05) is 29.9 Å². The minimum absolute atomic E-state index is 0.0758. The minimum Gasteiger partial charge on any atom is -0.339 e. The van der Waals surface area contributed by atoms with E-state index in [-0.39, 0.29) is 11.8 Å². The lowest BCUT2D eigenvalue weighted by Crippen LogP contribution is -2.35. The molecule has 0 spiro atoms. The van der Waals surface area contributed by atoms with Crippen molar-refractivity contribution in [2.75, 3.05) is 18.4 Å². The van der Waals surface area contributed by atoms with Gasteiger partial charge in [0.2, 0.25) is 0 Å². The van der Waals surface area contributed by atoms with Gasteiger partial charge in [-0.15, -0.1) is 0 Å². The van der Waals surface area contributed by atoms with Gasteiger partial charge in [-0.05, 0) is 69.5 Å². The van der Waals surface area contributed by atoms with Gasteiger partial charge in [0.05, 0.1) is 0 Å². The molecule has 0 unspecified atom stereocenters. The third-order valence-electron chi connectivity index (χ3n) is 4.52. The number of nitrogens with one attached hydrogen (secondary N) is 1. The summed E-state index contributed by atoms with van der Waals surface area (Å²) in [4.78, 5) is 26.8. The van der Waals surface area contributed by atoms with Crippen LogP contribution < -0.4 is 5.32 Å². The van der Waals surface area contributed by atoms with Crippen molar-refractivity contribution in [3.05, 3.63) is 64.7 Å². The number of anilines is 1. The third-order valence-corrected chi connectivity index (χ3v) is 4.52. The van der Waals surface area contributed by atoms with Crippen LogP contribution in [0.2, 0.25) is 0 Å². The van der Waals surface area contributed by atoms with Gasteiger partial charge >= 0.3 is 0 Å². The molecule has 4 nitrogen and oxygen atoms in total. The van der Waals surface area contributed by atoms with Crippen LogP contribution in [0.3, 0.4) is 0 Å². The van der Waals surface area contributed by atoms with Crippen LogP contribution in [0, 0.1) is 13.8 Å². The fourth-order valence-corrected chi connectivity index (χ4v) is 3.28. The van der Waals surface area contributed by atoms with Crippen LogP contribution in [-0.4, -0.2) is 29.8 Å². The van der Waals surface area contributed by atoms with Crippen molar-refractivity contribution in [3.8, 4) is 0 Å². The molecule has 0 atom stereocenters. The Bertz CT molecular complexity index is 755. The topological polar surface area (TPSA) is 49.4 Å². The van der Waals surface area contributed by atoms with Crippen molar-refractivity contribution >= 4 is 17.5 Å². The van der Waals surface area contributed by atoms with Crippen LogP contribution in [0.15, 0.2) is 42.5 Å². The molecule has 1 heterocycles. The van der Waals surface area contributed by atoms with E-state index in [1.165, 1.54) is 6.42 Å². The number of rotatable bonds is 3. The summed E-state index contributed by atoms with van der Waals surface area (Å²) in [6.07, 6.45) is 3.36. The van der Waals surface area contributed by atoms with Crippen molar-refractivity contribution in [3.63, 3.8) is 0 Å². The quantitative estimate of drug-likeness (QED) is 0.914. The summed E-state index contributed by atoms with van der Waals surface area (Å²) in [5, 5.41) is 2.89. The van der Waals surface area contributed by atoms with Gasteiger partial charge in [-0.2, -0.15) is 0 Å². The normalized spacial score (nSPS) is 14.2. The van der Waals surface area contributed by atoms with Crippen molar-refractivity contribution in [2.24, 2.45) is 0 Å². The van der Waals surface area contributed by atoms with E-state index in [2.05, 4.69) is 5.32 Å². The number of nitrogens with zero attached hydrogens (tertiary/aromatic N) is 1. The second-order valence-electron chi connectivity index (χ2n) is 6.76. The van der Waals surface area contributed by atoms with Crippen LogP contribution in [-0.2, 0) is 0 Å². The lowest BCUT2D eigenvalue weighted by Gasteiger charge is -2.26. The number of carbonyl (C=O) groups excluding carboxylic acids is 2. The molecule has 2 aromatic rings. The Morgan fingerprint density at radius 3 is 2.04 bits per heavy atom. The lowest BCUT2D eigenvalue weighted by atomic mass is 10.1. The fraction of sp³-hybridized carbons (Fsp3) is 0.333. The van der Waals surface area contributed by atoms with Gasteiger partial charge in [0.1, 0.15) is 0 Å². The molecule has 0 bridgehead atoms. The summed E-state index contributed by atoms with van der Waals surface area (Å²) in [5.41, 5.74) is 4.14. The molecule has 2 amide bonds. The molecule has 0 aromatic heterocycles. The fourth-order valence-electron chi connectivity index (χ4n) is 3.28. The predicted octanol–water partition coefficient (Wildman–Crippen LogP) is 4.18. The Morgan fingerprint density at radius 1 is 0.840 bits per heavy atom. The van der Waals surface area contributed by atoms with Gasteiger partial charge in [0.15, 0.2) is 0 Å². The zero-order valence-corrected chi connectivity index (χ0v) is 14.8. The van der Waals surface area contributed by atoms with E-state index < -0.39 is 0 Å². The summed E-state index contributed by atoms with van der Waals surface area (Å²) < 4.78 is 0. The van der Waals surface area contributed by atoms with Gasteiger partial charge in [-0.3, -0.25) is 9.59 Å². The summed E-state index contributed by atoms with van der Waals surface area (Å²) in [6.45, 7) is 5.63. The molecule has 0 radical (unpaired) electrons. The first-order valence-electron chi connectivity index (χ1n) is 8.82. The highest BCUT2D eigenvalue weighted by Crippen LogP contribution is 2.17. The first-order valence-corrected chi connectivity index (χ1v) is 8.82. The largest absolute Gasteiger partial charge is 0.339 e. The average Bonchev–Trinajstić information content (AvgIpc) is 2.61. The number of aryl methyl sites for hydroxylation is 2. The number of amides is 2. The Labute approximate surface area is 148 Å². The van der Waals surface area contributed by atoms with E-state index in [1.54, 1.807) is 24.3 Å². The van der Waals surface area contributed by atoms with E-state index in [0.29, 0.717) is 16.8 Å². The van der Waals surface area contributed by atoms with E-state index >= 15 is 0 Å². The molecule has 1 fully saturated rings. The molecular weight excluding hydrogens is 312 g/mol. The van der Waals surface area contributed by atoms with Crippen LogP contribution in [0.1, 0.15) is 51.1 Å². The van der Waals surface area contributed by atoms with Crippen LogP contribution in [0.5, 0.6) is 0 Å². The van der Waals surface area contributed by atoms with E-state index in [1.807, 2.05) is 36.9 Å². The zero-order chi connectivity index (χ0) is 17.8. The maximum Gasteiger partial charge on any atom is 0.255 e. The zero-order valence-electron chi connectivity index (χ0n) is 14.8. The highest BCUT2D eigenvalue weighted by molar-refractivity contribution is 6.04. The second kappa shape index (κ2) is 7.51. The van der Waals surface area contributed by atoms with Crippen LogP contribution in [0.25, 0.3) is 0 Å². The third kappa shape index (κ3) is 4.27. The molecule has 1 saturated heterocycles. The molecule has 25 heavy (non-hydrogen) atoms. The number of piperidine rings is 1. The Kier molecular flexibility index (Phi) is 5.17. The predicted molar refractivity (Wildman–Crippen MR) is 100 cm³/mol. The van der Waals surface area contributed by atoms with Crippen LogP contribution in [0.4, 0.5) is 5.69 Å². The van der Waals surface area contributed by atoms with E-state index in [4.69, 9.17) is 0 Å². The molecule has 1 N–H and O–H groups in total. The molecule has 1 aliphatic rings. The summed E-state index contributed by atoms with van der Waals surface area (Å²) in [7, 11) is 0. The average molecular weight is 336 g/mol. The minimum atomic E-state index is -0.137. The monoisotopic (exact) mass is 336 g/mol. The molecule has 4 heteroatoms. The Balaban J connectivity index is 1.67. The van der Waals surface area contributed by atoms with Gasteiger partial charge in [-0.1, -0.05) is 17.2 Å². The summed E-state index contributed by atoms with van der Waals surface area (Å²) >= 11 is 0. The summed E-state index contributed by atoms with van der Waals surface area (Å²) in [5.74, 6) is -0.0613. The van der Waals surface area contributed by atoms with E-state index in [0.717, 1.165) is 37.1 Å². The first kappa shape index (κ1) is 17.2. The van der Waals surface area contributed by atoms with Crippen molar-refractivity contribution in [1.29, 1.82) is 0 Å². The SMILES string of the molecule is Cc1cc(C)cc(C(=O)Nc2ccc(C(=O)N3CCCCC3)cc2)c1. The van der Waals surface area contributed by atoms with Crippen molar-refractivity contribution < 1.29 is 9.59 Å². The molecule has 130 valence electrons. The summed E-state index contributed by atoms with van der Waals surface area (Å²) in [6, 6.07) is 12.9. The smallest absolute Gasteiger partial charge is 0.255 e. The number of carbonyl (C=O) groups is 2. The molecule has 0 aliphatic carbocycles. The lowest BCUT2D eigenvalue weighted by molar-refractivity contribution is 0.0724. The van der Waals surface area contributed by atoms with Gasteiger partial charge in [-0.25, -0.2) is 0 Å². The highest BCUT2D eigenvalue weighted by Gasteiger charge is 2.18.